The van der Waals surface area contributed by atoms with E-state index in [1.165, 1.54) is 6.42 Å². The highest BCUT2D eigenvalue weighted by Gasteiger charge is 2.14. The van der Waals surface area contributed by atoms with Gasteiger partial charge in [0, 0.05) is 24.3 Å². The number of hydrogen-bond acceptors (Lipinski definition) is 3. The number of nitrogens with one attached hydrogen (secondary N) is 1. The summed E-state index contributed by atoms with van der Waals surface area (Å²) in [6.45, 7) is 1.49. The highest BCUT2D eigenvalue weighted by Crippen LogP contribution is 2.14. The van der Waals surface area contributed by atoms with Crippen molar-refractivity contribution in [3.05, 3.63) is 35.4 Å². The second-order valence-corrected chi connectivity index (χ2v) is 5.41. The van der Waals surface area contributed by atoms with Crippen molar-refractivity contribution >= 4 is 23.1 Å². The van der Waals surface area contributed by atoms with Gasteiger partial charge in [-0.25, -0.2) is 0 Å². The van der Waals surface area contributed by atoms with Gasteiger partial charge in [-0.3, -0.25) is 4.79 Å². The molecule has 3 N–H and O–H groups in total. The summed E-state index contributed by atoms with van der Waals surface area (Å²) < 4.78 is 5.63. The monoisotopic (exact) mass is 292 g/mol. The predicted molar refractivity (Wildman–Crippen MR) is 82.9 cm³/mol. The molecular weight excluding hydrogens is 272 g/mol. The predicted octanol–water partition coefficient (Wildman–Crippen LogP) is 2.01. The second kappa shape index (κ2) is 7.36. The third kappa shape index (κ3) is 4.28. The largest absolute Gasteiger partial charge is 0.389 e. The molecule has 0 saturated carbocycles. The number of ether oxygens (including phenoxy) is 1. The molecule has 1 aliphatic heterocycles. The molecule has 1 heterocycles. The molecule has 1 aromatic rings. The fourth-order valence-corrected chi connectivity index (χ4v) is 2.41. The van der Waals surface area contributed by atoms with Crippen LogP contribution in [0.25, 0.3) is 0 Å². The summed E-state index contributed by atoms with van der Waals surface area (Å²) in [5.74, 6) is -0.0738. The SMILES string of the molecule is NC(=S)c1ccc(C(=O)NCCC2CCCCO2)cc1. The quantitative estimate of drug-likeness (QED) is 0.815. The molecule has 1 fully saturated rings. The average Bonchev–Trinajstić information content (AvgIpc) is 2.48. The maximum Gasteiger partial charge on any atom is 0.251 e. The van der Waals surface area contributed by atoms with Crippen LogP contribution in [0.5, 0.6) is 0 Å². The first-order valence-corrected chi connectivity index (χ1v) is 7.37. The zero-order valence-electron chi connectivity index (χ0n) is 11.4. The van der Waals surface area contributed by atoms with E-state index >= 15 is 0 Å². The Morgan fingerprint density at radius 3 is 2.60 bits per heavy atom. The number of hydrogen-bond donors (Lipinski definition) is 2. The molecule has 0 bridgehead atoms. The molecule has 1 amide bonds. The van der Waals surface area contributed by atoms with Crippen molar-refractivity contribution in [3.63, 3.8) is 0 Å². The fourth-order valence-electron chi connectivity index (χ4n) is 2.27. The number of rotatable bonds is 5. The highest BCUT2D eigenvalue weighted by molar-refractivity contribution is 7.80. The minimum absolute atomic E-state index is 0.0738. The Hall–Kier alpha value is -1.46. The molecule has 5 heteroatoms. The van der Waals surface area contributed by atoms with Gasteiger partial charge in [-0.1, -0.05) is 24.4 Å². The minimum atomic E-state index is -0.0738. The smallest absolute Gasteiger partial charge is 0.251 e. The van der Waals surface area contributed by atoms with Gasteiger partial charge in [0.25, 0.3) is 5.91 Å². The highest BCUT2D eigenvalue weighted by atomic mass is 32.1. The fraction of sp³-hybridized carbons (Fsp3) is 0.467. The third-order valence-electron chi connectivity index (χ3n) is 3.46. The summed E-state index contributed by atoms with van der Waals surface area (Å²) >= 11 is 4.88. The number of carbonyl (C=O) groups is 1. The molecule has 1 atom stereocenters. The van der Waals surface area contributed by atoms with E-state index in [0.29, 0.717) is 23.2 Å². The maximum absolute atomic E-state index is 12.0. The van der Waals surface area contributed by atoms with E-state index in [2.05, 4.69) is 5.32 Å². The Morgan fingerprint density at radius 1 is 1.30 bits per heavy atom. The van der Waals surface area contributed by atoms with Crippen LogP contribution in [0.1, 0.15) is 41.6 Å². The van der Waals surface area contributed by atoms with Crippen LogP contribution in [0.4, 0.5) is 0 Å². The molecule has 0 aromatic heterocycles. The van der Waals surface area contributed by atoms with Gasteiger partial charge in [0.15, 0.2) is 0 Å². The molecule has 108 valence electrons. The first-order chi connectivity index (χ1) is 9.66. The van der Waals surface area contributed by atoms with Crippen molar-refractivity contribution in [2.24, 2.45) is 5.73 Å². The van der Waals surface area contributed by atoms with E-state index in [0.717, 1.165) is 31.4 Å². The molecule has 0 radical (unpaired) electrons. The Morgan fingerprint density at radius 2 is 2.00 bits per heavy atom. The van der Waals surface area contributed by atoms with Crippen LogP contribution in [0.15, 0.2) is 24.3 Å². The first kappa shape index (κ1) is 14.9. The third-order valence-corrected chi connectivity index (χ3v) is 3.69. The molecular formula is C15H20N2O2S. The number of carbonyl (C=O) groups excluding carboxylic acids is 1. The lowest BCUT2D eigenvalue weighted by atomic mass is 10.1. The lowest BCUT2D eigenvalue weighted by molar-refractivity contribution is 0.0117. The summed E-state index contributed by atoms with van der Waals surface area (Å²) in [6, 6.07) is 7.00. The molecule has 0 aliphatic carbocycles. The summed E-state index contributed by atoms with van der Waals surface area (Å²) in [7, 11) is 0. The topological polar surface area (TPSA) is 64.4 Å². The summed E-state index contributed by atoms with van der Waals surface area (Å²) in [6.07, 6.45) is 4.63. The normalized spacial score (nSPS) is 18.5. The number of thiocarbonyl (C=S) groups is 1. The average molecular weight is 292 g/mol. The minimum Gasteiger partial charge on any atom is -0.389 e. The molecule has 1 saturated heterocycles. The van der Waals surface area contributed by atoms with Crippen molar-refractivity contribution < 1.29 is 9.53 Å². The van der Waals surface area contributed by atoms with E-state index in [-0.39, 0.29) is 5.91 Å². The van der Waals surface area contributed by atoms with Gasteiger partial charge < -0.3 is 15.8 Å². The lowest BCUT2D eigenvalue weighted by Gasteiger charge is -2.22. The standard InChI is InChI=1S/C15H20N2O2S/c16-14(20)11-4-6-12(7-5-11)15(18)17-9-8-13-3-1-2-10-19-13/h4-7,13H,1-3,8-10H2,(H2,16,20)(H,17,18). The van der Waals surface area contributed by atoms with Gasteiger partial charge in [0.2, 0.25) is 0 Å². The number of nitrogens with two attached hydrogens (primary N) is 1. The molecule has 0 spiro atoms. The second-order valence-electron chi connectivity index (χ2n) is 4.97. The van der Waals surface area contributed by atoms with Gasteiger partial charge >= 0.3 is 0 Å². The van der Waals surface area contributed by atoms with E-state index in [9.17, 15) is 4.79 Å². The summed E-state index contributed by atoms with van der Waals surface area (Å²) in [5.41, 5.74) is 6.91. The molecule has 1 unspecified atom stereocenters. The van der Waals surface area contributed by atoms with Crippen LogP contribution >= 0.6 is 12.2 Å². The molecule has 1 aromatic carbocycles. The number of benzene rings is 1. The summed E-state index contributed by atoms with van der Waals surface area (Å²) in [5, 5.41) is 2.91. The number of amides is 1. The van der Waals surface area contributed by atoms with E-state index < -0.39 is 0 Å². The van der Waals surface area contributed by atoms with Crippen molar-refractivity contribution in [1.29, 1.82) is 0 Å². The lowest BCUT2D eigenvalue weighted by Crippen LogP contribution is -2.29. The van der Waals surface area contributed by atoms with Gasteiger partial charge in [0.05, 0.1) is 6.10 Å². The van der Waals surface area contributed by atoms with Crippen molar-refractivity contribution in [2.75, 3.05) is 13.2 Å². The molecule has 20 heavy (non-hydrogen) atoms. The Balaban J connectivity index is 1.77. The van der Waals surface area contributed by atoms with E-state index in [1.54, 1.807) is 24.3 Å². The van der Waals surface area contributed by atoms with Gasteiger partial charge in [-0.15, -0.1) is 0 Å². The molecule has 4 nitrogen and oxygen atoms in total. The summed E-state index contributed by atoms with van der Waals surface area (Å²) in [4.78, 5) is 12.3. The van der Waals surface area contributed by atoms with Crippen LogP contribution in [0.3, 0.4) is 0 Å². The van der Waals surface area contributed by atoms with Crippen LogP contribution < -0.4 is 11.1 Å². The van der Waals surface area contributed by atoms with Crippen LogP contribution in [-0.4, -0.2) is 30.2 Å². The maximum atomic E-state index is 12.0. The Labute approximate surface area is 124 Å². The zero-order valence-corrected chi connectivity index (χ0v) is 12.2. The molecule has 1 aliphatic rings. The van der Waals surface area contributed by atoms with E-state index in [1.807, 2.05) is 0 Å². The van der Waals surface area contributed by atoms with Crippen LogP contribution in [0.2, 0.25) is 0 Å². The zero-order chi connectivity index (χ0) is 14.4. The van der Waals surface area contributed by atoms with Gasteiger partial charge in [-0.05, 0) is 37.8 Å². The van der Waals surface area contributed by atoms with E-state index in [4.69, 9.17) is 22.7 Å². The van der Waals surface area contributed by atoms with Crippen molar-refractivity contribution in [2.45, 2.75) is 31.8 Å². The van der Waals surface area contributed by atoms with Crippen molar-refractivity contribution in [3.8, 4) is 0 Å². The first-order valence-electron chi connectivity index (χ1n) is 6.96. The van der Waals surface area contributed by atoms with Crippen molar-refractivity contribution in [1.82, 2.24) is 5.32 Å². The Bertz CT molecular complexity index is 467. The van der Waals surface area contributed by atoms with Gasteiger partial charge in [-0.2, -0.15) is 0 Å². The van der Waals surface area contributed by atoms with Gasteiger partial charge in [0.1, 0.15) is 4.99 Å². The van der Waals surface area contributed by atoms with Crippen LogP contribution in [0, 0.1) is 0 Å². The van der Waals surface area contributed by atoms with Crippen LogP contribution in [-0.2, 0) is 4.74 Å². The molecule has 2 rings (SSSR count). The Kier molecular flexibility index (Phi) is 5.49.